The molecule has 0 saturated carbocycles. The molecular formula is C13H19F3N2. The molecule has 1 atom stereocenters. The predicted octanol–water partition coefficient (Wildman–Crippen LogP) is 3.28. The zero-order chi connectivity index (χ0) is 14.0. The number of nitrogens with one attached hydrogen (secondary N) is 1. The molecule has 0 saturated heterocycles. The number of hydrogen-bond donors (Lipinski definition) is 1. The van der Waals surface area contributed by atoms with E-state index in [1.807, 2.05) is 27.8 Å². The van der Waals surface area contributed by atoms with E-state index in [0.29, 0.717) is 12.1 Å². The highest BCUT2D eigenvalue weighted by Gasteiger charge is 2.31. The van der Waals surface area contributed by atoms with Crippen LogP contribution in [0.4, 0.5) is 13.2 Å². The van der Waals surface area contributed by atoms with Crippen LogP contribution in [0.2, 0.25) is 0 Å². The van der Waals surface area contributed by atoms with Gasteiger partial charge >= 0.3 is 6.18 Å². The third-order valence-corrected chi connectivity index (χ3v) is 2.95. The molecular weight excluding hydrogens is 241 g/mol. The molecule has 0 fully saturated rings. The molecule has 1 unspecified atom stereocenters. The lowest BCUT2D eigenvalue weighted by molar-refractivity contribution is -0.137. The fraction of sp³-hybridized carbons (Fsp3) is 0.615. The van der Waals surface area contributed by atoms with Gasteiger partial charge in [0.05, 0.1) is 5.56 Å². The Balaban J connectivity index is 2.92. The number of halogens is 3. The number of likely N-dealkylation sites (N-methyl/N-ethyl adjacent to an activating group) is 1. The van der Waals surface area contributed by atoms with Crippen molar-refractivity contribution in [2.75, 3.05) is 7.05 Å². The highest BCUT2D eigenvalue weighted by atomic mass is 19.4. The normalized spacial score (nSPS) is 14.6. The van der Waals surface area contributed by atoms with Crippen molar-refractivity contribution in [3.8, 4) is 0 Å². The lowest BCUT2D eigenvalue weighted by Crippen LogP contribution is -2.40. The lowest BCUT2D eigenvalue weighted by Gasteiger charge is -2.30. The molecule has 1 N–H and O–H groups in total. The Labute approximate surface area is 106 Å². The van der Waals surface area contributed by atoms with Crippen LogP contribution in [0.1, 0.15) is 32.0 Å². The van der Waals surface area contributed by atoms with Gasteiger partial charge in [-0.05, 0) is 24.6 Å². The van der Waals surface area contributed by atoms with Crippen LogP contribution in [0.3, 0.4) is 0 Å². The van der Waals surface area contributed by atoms with Crippen molar-refractivity contribution in [3.63, 3.8) is 0 Å². The second kappa shape index (κ2) is 5.26. The first-order valence-corrected chi connectivity index (χ1v) is 5.84. The highest BCUT2D eigenvalue weighted by molar-refractivity contribution is 5.20. The van der Waals surface area contributed by atoms with Crippen LogP contribution in [-0.4, -0.2) is 18.1 Å². The maximum Gasteiger partial charge on any atom is 0.416 e. The minimum absolute atomic E-state index is 0.0370. The monoisotopic (exact) mass is 260 g/mol. The SMILES string of the molecule is CNC(Cc1cc(C(F)(F)F)ccn1)C(C)(C)C. The second-order valence-corrected chi connectivity index (χ2v) is 5.45. The quantitative estimate of drug-likeness (QED) is 0.902. The number of alkyl halides is 3. The topological polar surface area (TPSA) is 24.9 Å². The Hall–Kier alpha value is -1.10. The van der Waals surface area contributed by atoms with Gasteiger partial charge in [0.15, 0.2) is 0 Å². The summed E-state index contributed by atoms with van der Waals surface area (Å²) in [5.74, 6) is 0. The minimum Gasteiger partial charge on any atom is -0.316 e. The smallest absolute Gasteiger partial charge is 0.316 e. The van der Waals surface area contributed by atoms with Crippen molar-refractivity contribution in [1.82, 2.24) is 10.3 Å². The second-order valence-electron chi connectivity index (χ2n) is 5.45. The largest absolute Gasteiger partial charge is 0.416 e. The zero-order valence-corrected chi connectivity index (χ0v) is 11.1. The van der Waals surface area contributed by atoms with Crippen molar-refractivity contribution in [1.29, 1.82) is 0 Å². The van der Waals surface area contributed by atoms with E-state index in [2.05, 4.69) is 10.3 Å². The molecule has 0 bridgehead atoms. The number of hydrogen-bond acceptors (Lipinski definition) is 2. The van der Waals surface area contributed by atoms with Gasteiger partial charge in [-0.25, -0.2) is 0 Å². The first kappa shape index (κ1) is 15.0. The molecule has 1 heterocycles. The lowest BCUT2D eigenvalue weighted by atomic mass is 9.84. The molecule has 1 aromatic rings. The minimum atomic E-state index is -4.31. The summed E-state index contributed by atoms with van der Waals surface area (Å²) in [6.45, 7) is 6.13. The molecule has 1 aromatic heterocycles. The van der Waals surface area contributed by atoms with Crippen molar-refractivity contribution >= 4 is 0 Å². The van der Waals surface area contributed by atoms with Gasteiger partial charge in [-0.2, -0.15) is 13.2 Å². The van der Waals surface area contributed by atoms with Gasteiger partial charge in [-0.15, -0.1) is 0 Å². The van der Waals surface area contributed by atoms with Crippen LogP contribution >= 0.6 is 0 Å². The van der Waals surface area contributed by atoms with E-state index in [0.717, 1.165) is 12.1 Å². The van der Waals surface area contributed by atoms with Crippen molar-refractivity contribution in [2.24, 2.45) is 5.41 Å². The summed E-state index contributed by atoms with van der Waals surface area (Å²) in [5, 5.41) is 3.13. The Morgan fingerprint density at radius 1 is 1.28 bits per heavy atom. The van der Waals surface area contributed by atoms with Gasteiger partial charge in [0.1, 0.15) is 0 Å². The van der Waals surface area contributed by atoms with Crippen molar-refractivity contribution < 1.29 is 13.2 Å². The van der Waals surface area contributed by atoms with Gasteiger partial charge < -0.3 is 5.32 Å². The number of aromatic nitrogens is 1. The van der Waals surface area contributed by atoms with Gasteiger partial charge in [-0.1, -0.05) is 20.8 Å². The standard InChI is InChI=1S/C13H19F3N2/c1-12(2,3)11(17-4)8-10-7-9(5-6-18-10)13(14,15)16/h5-7,11,17H,8H2,1-4H3. The highest BCUT2D eigenvalue weighted by Crippen LogP contribution is 2.30. The maximum atomic E-state index is 12.6. The summed E-state index contributed by atoms with van der Waals surface area (Å²) in [5.41, 5.74) is -0.222. The number of nitrogens with zero attached hydrogens (tertiary/aromatic N) is 1. The Bertz CT molecular complexity index is 394. The van der Waals surface area contributed by atoms with E-state index in [4.69, 9.17) is 0 Å². The van der Waals surface area contributed by atoms with Crippen LogP contribution in [-0.2, 0) is 12.6 Å². The van der Waals surface area contributed by atoms with Crippen molar-refractivity contribution in [3.05, 3.63) is 29.6 Å². The summed E-state index contributed by atoms with van der Waals surface area (Å²) >= 11 is 0. The van der Waals surface area contributed by atoms with Crippen LogP contribution in [0, 0.1) is 5.41 Å². The first-order valence-electron chi connectivity index (χ1n) is 5.84. The fourth-order valence-corrected chi connectivity index (χ4v) is 1.82. The van der Waals surface area contributed by atoms with Crippen LogP contribution in [0.15, 0.2) is 18.3 Å². The third-order valence-electron chi connectivity index (χ3n) is 2.95. The van der Waals surface area contributed by atoms with E-state index in [-0.39, 0.29) is 11.5 Å². The molecule has 0 aromatic carbocycles. The summed E-state index contributed by atoms with van der Waals surface area (Å²) in [7, 11) is 1.81. The van der Waals surface area contributed by atoms with Gasteiger partial charge in [0.25, 0.3) is 0 Å². The number of rotatable bonds is 3. The fourth-order valence-electron chi connectivity index (χ4n) is 1.82. The van der Waals surface area contributed by atoms with Crippen LogP contribution in [0.25, 0.3) is 0 Å². The predicted molar refractivity (Wildman–Crippen MR) is 65.2 cm³/mol. The van der Waals surface area contributed by atoms with E-state index in [9.17, 15) is 13.2 Å². The van der Waals surface area contributed by atoms with Gasteiger partial charge in [-0.3, -0.25) is 4.98 Å². The van der Waals surface area contributed by atoms with E-state index in [1.54, 1.807) is 0 Å². The third kappa shape index (κ3) is 3.98. The Kier molecular flexibility index (Phi) is 4.37. The Morgan fingerprint density at radius 3 is 2.33 bits per heavy atom. The van der Waals surface area contributed by atoms with Gasteiger partial charge in [0, 0.05) is 24.4 Å². The molecule has 0 aliphatic carbocycles. The zero-order valence-electron chi connectivity index (χ0n) is 11.1. The number of pyridine rings is 1. The Morgan fingerprint density at radius 2 is 1.89 bits per heavy atom. The van der Waals surface area contributed by atoms with Crippen LogP contribution < -0.4 is 5.32 Å². The molecule has 0 amide bonds. The first-order chi connectivity index (χ1) is 8.14. The summed E-state index contributed by atoms with van der Waals surface area (Å²) in [4.78, 5) is 4.01. The maximum absolute atomic E-state index is 12.6. The van der Waals surface area contributed by atoms with Crippen molar-refractivity contribution in [2.45, 2.75) is 39.4 Å². The molecule has 0 aliphatic rings. The summed E-state index contributed by atoms with van der Waals surface area (Å²) < 4.78 is 37.7. The summed E-state index contributed by atoms with van der Waals surface area (Å²) in [6.07, 6.45) is -2.62. The van der Waals surface area contributed by atoms with Gasteiger partial charge in [0.2, 0.25) is 0 Å². The molecule has 0 aliphatic heterocycles. The summed E-state index contributed by atoms with van der Waals surface area (Å²) in [6, 6.07) is 2.19. The van der Waals surface area contributed by atoms with E-state index >= 15 is 0 Å². The van der Waals surface area contributed by atoms with Crippen LogP contribution in [0.5, 0.6) is 0 Å². The molecule has 0 radical (unpaired) electrons. The molecule has 2 nitrogen and oxygen atoms in total. The van der Waals surface area contributed by atoms with E-state index in [1.165, 1.54) is 6.20 Å². The molecule has 18 heavy (non-hydrogen) atoms. The average Bonchev–Trinajstić information content (AvgIpc) is 2.23. The molecule has 0 spiro atoms. The molecule has 102 valence electrons. The average molecular weight is 260 g/mol. The molecule has 5 heteroatoms. The van der Waals surface area contributed by atoms with E-state index < -0.39 is 11.7 Å². The molecule has 1 rings (SSSR count).